The molecule has 0 bridgehead atoms. The van der Waals surface area contributed by atoms with Crippen LogP contribution in [0.15, 0.2) is 48.7 Å². The van der Waals surface area contributed by atoms with Crippen molar-refractivity contribution in [1.29, 1.82) is 0 Å². The van der Waals surface area contributed by atoms with Gasteiger partial charge in [0.1, 0.15) is 0 Å². The van der Waals surface area contributed by atoms with Gasteiger partial charge in [0, 0.05) is 25.4 Å². The summed E-state index contributed by atoms with van der Waals surface area (Å²) in [6.45, 7) is 0.543. The van der Waals surface area contributed by atoms with Crippen LogP contribution in [0.2, 0.25) is 0 Å². The van der Waals surface area contributed by atoms with E-state index >= 15 is 0 Å². The molecule has 1 amide bonds. The van der Waals surface area contributed by atoms with E-state index in [4.69, 9.17) is 5.73 Å². The molecule has 2 rings (SSSR count). The Morgan fingerprint density at radius 3 is 2.60 bits per heavy atom. The second-order valence-electron chi connectivity index (χ2n) is 4.81. The number of hydrogen-bond acceptors (Lipinski definition) is 3. The Labute approximate surface area is 119 Å². The number of amides is 1. The van der Waals surface area contributed by atoms with Crippen LogP contribution >= 0.6 is 0 Å². The molecule has 1 heterocycles. The molecule has 20 heavy (non-hydrogen) atoms. The summed E-state index contributed by atoms with van der Waals surface area (Å²) in [6, 6.07) is 13.3. The third-order valence-corrected chi connectivity index (χ3v) is 3.16. The van der Waals surface area contributed by atoms with Crippen LogP contribution in [0.5, 0.6) is 0 Å². The molecular formula is C16H19N3O. The molecule has 0 fully saturated rings. The number of carbonyl (C=O) groups is 1. The molecule has 0 saturated carbocycles. The van der Waals surface area contributed by atoms with Gasteiger partial charge in [0.2, 0.25) is 5.91 Å². The van der Waals surface area contributed by atoms with Crippen molar-refractivity contribution in [3.63, 3.8) is 0 Å². The first kappa shape index (κ1) is 14.1. The summed E-state index contributed by atoms with van der Waals surface area (Å²) in [6.07, 6.45) is 2.96. The Kier molecular flexibility index (Phi) is 4.71. The van der Waals surface area contributed by atoms with E-state index in [2.05, 4.69) is 4.98 Å². The van der Waals surface area contributed by atoms with Gasteiger partial charge in [-0.1, -0.05) is 18.2 Å². The van der Waals surface area contributed by atoms with Gasteiger partial charge < -0.3 is 10.6 Å². The van der Waals surface area contributed by atoms with Gasteiger partial charge in [-0.05, 0) is 36.2 Å². The standard InChI is InChI=1S/C16H19N3O/c1-19(12-15-4-2-3-11-18-15)16(20)10-7-13-5-8-14(17)9-6-13/h2-6,8-9,11H,7,10,12,17H2,1H3. The molecule has 4 heteroatoms. The fraction of sp³-hybridized carbons (Fsp3) is 0.250. The molecule has 1 aromatic heterocycles. The summed E-state index contributed by atoms with van der Waals surface area (Å²) in [5, 5.41) is 0. The van der Waals surface area contributed by atoms with E-state index < -0.39 is 0 Å². The molecule has 2 N–H and O–H groups in total. The molecule has 0 spiro atoms. The molecule has 0 radical (unpaired) electrons. The quantitative estimate of drug-likeness (QED) is 0.847. The van der Waals surface area contributed by atoms with Gasteiger partial charge in [-0.25, -0.2) is 0 Å². The second kappa shape index (κ2) is 6.70. The van der Waals surface area contributed by atoms with Crippen molar-refractivity contribution in [3.05, 3.63) is 59.9 Å². The average Bonchev–Trinajstić information content (AvgIpc) is 2.47. The van der Waals surface area contributed by atoms with Crippen molar-refractivity contribution in [2.24, 2.45) is 0 Å². The van der Waals surface area contributed by atoms with E-state index in [1.165, 1.54) is 0 Å². The van der Waals surface area contributed by atoms with Crippen molar-refractivity contribution in [3.8, 4) is 0 Å². The van der Waals surface area contributed by atoms with Crippen LogP contribution < -0.4 is 5.73 Å². The average molecular weight is 269 g/mol. The molecule has 104 valence electrons. The Balaban J connectivity index is 1.83. The van der Waals surface area contributed by atoms with Crippen LogP contribution in [0.4, 0.5) is 5.69 Å². The minimum Gasteiger partial charge on any atom is -0.399 e. The lowest BCUT2D eigenvalue weighted by Crippen LogP contribution is -2.26. The second-order valence-corrected chi connectivity index (χ2v) is 4.81. The van der Waals surface area contributed by atoms with Gasteiger partial charge in [-0.2, -0.15) is 0 Å². The van der Waals surface area contributed by atoms with Crippen LogP contribution in [-0.2, 0) is 17.8 Å². The zero-order valence-corrected chi connectivity index (χ0v) is 11.6. The van der Waals surface area contributed by atoms with E-state index in [1.54, 1.807) is 18.1 Å². The molecule has 0 atom stereocenters. The summed E-state index contributed by atoms with van der Waals surface area (Å²) in [4.78, 5) is 18.0. The molecule has 0 unspecified atom stereocenters. The van der Waals surface area contributed by atoms with Crippen LogP contribution in [0.25, 0.3) is 0 Å². The van der Waals surface area contributed by atoms with Crippen molar-refractivity contribution in [2.75, 3.05) is 12.8 Å². The van der Waals surface area contributed by atoms with E-state index in [9.17, 15) is 4.79 Å². The van der Waals surface area contributed by atoms with Gasteiger partial charge in [0.25, 0.3) is 0 Å². The van der Waals surface area contributed by atoms with Crippen molar-refractivity contribution in [1.82, 2.24) is 9.88 Å². The molecule has 2 aromatic rings. The van der Waals surface area contributed by atoms with E-state index in [1.807, 2.05) is 42.5 Å². The number of pyridine rings is 1. The number of anilines is 1. The highest BCUT2D eigenvalue weighted by molar-refractivity contribution is 5.76. The fourth-order valence-corrected chi connectivity index (χ4v) is 1.95. The molecule has 4 nitrogen and oxygen atoms in total. The Morgan fingerprint density at radius 2 is 1.95 bits per heavy atom. The van der Waals surface area contributed by atoms with Gasteiger partial charge in [-0.15, -0.1) is 0 Å². The summed E-state index contributed by atoms with van der Waals surface area (Å²) in [5.41, 5.74) is 8.40. The maximum Gasteiger partial charge on any atom is 0.222 e. The SMILES string of the molecule is CN(Cc1ccccn1)C(=O)CCc1ccc(N)cc1. The predicted octanol–water partition coefficient (Wildman–Crippen LogP) is 2.25. The number of aromatic nitrogens is 1. The Hall–Kier alpha value is -2.36. The molecular weight excluding hydrogens is 250 g/mol. The van der Waals surface area contributed by atoms with Crippen molar-refractivity contribution < 1.29 is 4.79 Å². The number of aryl methyl sites for hydroxylation is 1. The first-order valence-corrected chi connectivity index (χ1v) is 6.63. The van der Waals surface area contributed by atoms with Crippen molar-refractivity contribution in [2.45, 2.75) is 19.4 Å². The lowest BCUT2D eigenvalue weighted by molar-refractivity contribution is -0.130. The van der Waals surface area contributed by atoms with Crippen LogP contribution in [0.3, 0.4) is 0 Å². The summed E-state index contributed by atoms with van der Waals surface area (Å²) < 4.78 is 0. The van der Waals surface area contributed by atoms with Crippen LogP contribution in [0.1, 0.15) is 17.7 Å². The third kappa shape index (κ3) is 4.09. The van der Waals surface area contributed by atoms with Gasteiger partial charge in [0.05, 0.1) is 12.2 Å². The highest BCUT2D eigenvalue weighted by atomic mass is 16.2. The number of nitrogens with two attached hydrogens (primary N) is 1. The van der Waals surface area contributed by atoms with Crippen molar-refractivity contribution >= 4 is 11.6 Å². The zero-order chi connectivity index (χ0) is 14.4. The lowest BCUT2D eigenvalue weighted by Gasteiger charge is -2.16. The van der Waals surface area contributed by atoms with Crippen LogP contribution in [-0.4, -0.2) is 22.8 Å². The largest absolute Gasteiger partial charge is 0.399 e. The first-order valence-electron chi connectivity index (χ1n) is 6.63. The minimum atomic E-state index is 0.118. The minimum absolute atomic E-state index is 0.118. The summed E-state index contributed by atoms with van der Waals surface area (Å²) >= 11 is 0. The van der Waals surface area contributed by atoms with Gasteiger partial charge in [-0.3, -0.25) is 9.78 Å². The number of benzene rings is 1. The monoisotopic (exact) mass is 269 g/mol. The predicted molar refractivity (Wildman–Crippen MR) is 79.9 cm³/mol. The van der Waals surface area contributed by atoms with Crippen LogP contribution in [0, 0.1) is 0 Å². The maximum absolute atomic E-state index is 12.1. The zero-order valence-electron chi connectivity index (χ0n) is 11.6. The fourth-order valence-electron chi connectivity index (χ4n) is 1.95. The summed E-state index contributed by atoms with van der Waals surface area (Å²) in [5.74, 6) is 0.118. The number of nitrogens with zero attached hydrogens (tertiary/aromatic N) is 2. The number of hydrogen-bond donors (Lipinski definition) is 1. The maximum atomic E-state index is 12.1. The molecule has 0 aliphatic rings. The molecule has 1 aromatic carbocycles. The smallest absolute Gasteiger partial charge is 0.222 e. The number of rotatable bonds is 5. The van der Waals surface area contributed by atoms with E-state index in [0.717, 1.165) is 23.4 Å². The molecule has 0 saturated heterocycles. The van der Waals surface area contributed by atoms with Gasteiger partial charge in [0.15, 0.2) is 0 Å². The number of carbonyl (C=O) groups excluding carboxylic acids is 1. The topological polar surface area (TPSA) is 59.2 Å². The highest BCUT2D eigenvalue weighted by Gasteiger charge is 2.09. The third-order valence-electron chi connectivity index (χ3n) is 3.16. The normalized spacial score (nSPS) is 10.2. The van der Waals surface area contributed by atoms with Gasteiger partial charge >= 0.3 is 0 Å². The Morgan fingerprint density at radius 1 is 1.20 bits per heavy atom. The number of nitrogen functional groups attached to an aromatic ring is 1. The lowest BCUT2D eigenvalue weighted by atomic mass is 10.1. The van der Waals surface area contributed by atoms with E-state index in [0.29, 0.717) is 13.0 Å². The highest BCUT2D eigenvalue weighted by Crippen LogP contribution is 2.09. The van der Waals surface area contributed by atoms with E-state index in [-0.39, 0.29) is 5.91 Å². The summed E-state index contributed by atoms with van der Waals surface area (Å²) in [7, 11) is 1.81. The Bertz CT molecular complexity index is 552. The first-order chi connectivity index (χ1) is 9.65. The molecule has 0 aliphatic carbocycles. The molecule has 0 aliphatic heterocycles.